The summed E-state index contributed by atoms with van der Waals surface area (Å²) in [6.45, 7) is 3.48. The number of thiophene rings is 1. The fourth-order valence-electron chi connectivity index (χ4n) is 2.93. The van der Waals surface area contributed by atoms with Crippen LogP contribution in [0.1, 0.15) is 12.8 Å². The van der Waals surface area contributed by atoms with Crippen LogP contribution in [0.15, 0.2) is 34.2 Å². The molecule has 1 aliphatic heterocycles. The van der Waals surface area contributed by atoms with Crippen LogP contribution in [0.4, 0.5) is 0 Å². The number of H-pyrrole nitrogens is 1. The molecule has 22 heavy (non-hydrogen) atoms. The molecule has 0 saturated carbocycles. The number of aromatic amines is 1. The van der Waals surface area contributed by atoms with Gasteiger partial charge in [0.25, 0.3) is 5.56 Å². The summed E-state index contributed by atoms with van der Waals surface area (Å²) in [4.78, 5) is 22.4. The number of rotatable bonds is 4. The molecule has 1 N–H and O–H groups in total. The van der Waals surface area contributed by atoms with Crippen molar-refractivity contribution < 1.29 is 0 Å². The molecule has 4 nitrogen and oxygen atoms in total. The molecule has 1 aromatic carbocycles. The van der Waals surface area contributed by atoms with E-state index < -0.39 is 0 Å². The number of benzene rings is 1. The zero-order chi connectivity index (χ0) is 14.9. The largest absolute Gasteiger partial charge is 0.303 e. The summed E-state index contributed by atoms with van der Waals surface area (Å²) in [6.07, 6.45) is 2.62. The first-order valence-electron chi connectivity index (χ1n) is 7.58. The molecule has 1 saturated heterocycles. The molecular formula is C16H17N3OS2. The van der Waals surface area contributed by atoms with E-state index in [9.17, 15) is 4.79 Å². The Labute approximate surface area is 136 Å². The normalized spacial score (nSPS) is 16.0. The molecule has 1 fully saturated rings. The fraction of sp³-hybridized carbons (Fsp3) is 0.375. The van der Waals surface area contributed by atoms with Gasteiger partial charge in [-0.3, -0.25) is 4.79 Å². The first-order chi connectivity index (χ1) is 10.8. The maximum absolute atomic E-state index is 12.3. The minimum absolute atomic E-state index is 0.0186. The van der Waals surface area contributed by atoms with Crippen LogP contribution in [0, 0.1) is 0 Å². The first-order valence-corrected chi connectivity index (χ1v) is 9.38. The highest BCUT2D eigenvalue weighted by molar-refractivity contribution is 7.99. The number of nitrogens with zero attached hydrogens (tertiary/aromatic N) is 2. The minimum atomic E-state index is -0.0186. The lowest BCUT2D eigenvalue weighted by atomic mass is 10.2. The van der Waals surface area contributed by atoms with E-state index in [1.807, 2.05) is 24.3 Å². The van der Waals surface area contributed by atoms with Crippen LogP contribution >= 0.6 is 23.1 Å². The van der Waals surface area contributed by atoms with Crippen molar-refractivity contribution in [3.63, 3.8) is 0 Å². The van der Waals surface area contributed by atoms with E-state index in [2.05, 4.69) is 14.9 Å². The van der Waals surface area contributed by atoms with Crippen LogP contribution in [0.5, 0.6) is 0 Å². The van der Waals surface area contributed by atoms with E-state index in [0.717, 1.165) is 37.8 Å². The van der Waals surface area contributed by atoms with Gasteiger partial charge in [-0.1, -0.05) is 30.0 Å². The molecule has 0 amide bonds. The Hall–Kier alpha value is -1.37. The molecule has 114 valence electrons. The minimum Gasteiger partial charge on any atom is -0.303 e. The van der Waals surface area contributed by atoms with Crippen molar-refractivity contribution in [2.75, 3.05) is 25.4 Å². The quantitative estimate of drug-likeness (QED) is 0.588. The SMILES string of the molecule is O=c1[nH]c(SCCN2CCCC2)nc2c1sc1ccccc12. The third-order valence-electron chi connectivity index (χ3n) is 4.05. The average Bonchev–Trinajstić information content (AvgIpc) is 3.15. The molecule has 3 heterocycles. The van der Waals surface area contributed by atoms with Crippen LogP contribution in [0.2, 0.25) is 0 Å². The highest BCUT2D eigenvalue weighted by atomic mass is 32.2. The molecule has 0 unspecified atom stereocenters. The lowest BCUT2D eigenvalue weighted by Gasteiger charge is -2.13. The van der Waals surface area contributed by atoms with E-state index >= 15 is 0 Å². The molecule has 3 aromatic rings. The van der Waals surface area contributed by atoms with Gasteiger partial charge in [-0.15, -0.1) is 11.3 Å². The Balaban J connectivity index is 1.61. The summed E-state index contributed by atoms with van der Waals surface area (Å²) in [5.74, 6) is 0.969. The summed E-state index contributed by atoms with van der Waals surface area (Å²) in [6, 6.07) is 8.08. The highest BCUT2D eigenvalue weighted by Crippen LogP contribution is 2.30. The molecule has 6 heteroatoms. The number of hydrogen-bond acceptors (Lipinski definition) is 5. The standard InChI is InChI=1S/C16H17N3OS2/c20-15-14-13(11-5-1-2-6-12(11)22-14)17-16(18-15)21-10-9-19-7-3-4-8-19/h1-2,5-6H,3-4,7-10H2,(H,17,18,20). The van der Waals surface area contributed by atoms with Crippen molar-refractivity contribution >= 4 is 43.4 Å². The van der Waals surface area contributed by atoms with E-state index in [-0.39, 0.29) is 5.56 Å². The van der Waals surface area contributed by atoms with Gasteiger partial charge in [-0.25, -0.2) is 4.98 Å². The van der Waals surface area contributed by atoms with E-state index in [1.165, 1.54) is 37.3 Å². The molecule has 4 rings (SSSR count). The van der Waals surface area contributed by atoms with Crippen LogP contribution in [-0.4, -0.2) is 40.3 Å². The summed E-state index contributed by atoms with van der Waals surface area (Å²) in [5.41, 5.74) is 0.822. The Morgan fingerprint density at radius 2 is 2.09 bits per heavy atom. The number of thioether (sulfide) groups is 1. The molecular weight excluding hydrogens is 314 g/mol. The molecule has 0 bridgehead atoms. The Morgan fingerprint density at radius 3 is 2.95 bits per heavy atom. The molecule has 1 aliphatic rings. The predicted molar refractivity (Wildman–Crippen MR) is 94.1 cm³/mol. The summed E-state index contributed by atoms with van der Waals surface area (Å²) < 4.78 is 1.85. The summed E-state index contributed by atoms with van der Waals surface area (Å²) >= 11 is 3.16. The number of likely N-dealkylation sites (tertiary alicyclic amines) is 1. The molecule has 0 aliphatic carbocycles. The molecule has 2 aromatic heterocycles. The van der Waals surface area contributed by atoms with Crippen molar-refractivity contribution in [2.45, 2.75) is 18.0 Å². The van der Waals surface area contributed by atoms with Gasteiger partial charge in [-0.05, 0) is 32.0 Å². The highest BCUT2D eigenvalue weighted by Gasteiger charge is 2.13. The molecule has 0 radical (unpaired) electrons. The van der Waals surface area contributed by atoms with E-state index in [4.69, 9.17) is 0 Å². The van der Waals surface area contributed by atoms with Crippen molar-refractivity contribution in [2.24, 2.45) is 0 Å². The topological polar surface area (TPSA) is 49.0 Å². The number of nitrogens with one attached hydrogen (secondary N) is 1. The van der Waals surface area contributed by atoms with Gasteiger partial charge in [0.2, 0.25) is 0 Å². The zero-order valence-corrected chi connectivity index (χ0v) is 13.8. The van der Waals surface area contributed by atoms with Gasteiger partial charge in [0.15, 0.2) is 5.16 Å². The fourth-order valence-corrected chi connectivity index (χ4v) is 4.83. The number of aromatic nitrogens is 2. The average molecular weight is 331 g/mol. The van der Waals surface area contributed by atoms with Gasteiger partial charge in [0.1, 0.15) is 4.70 Å². The van der Waals surface area contributed by atoms with Gasteiger partial charge in [0, 0.05) is 22.4 Å². The van der Waals surface area contributed by atoms with Crippen LogP contribution in [-0.2, 0) is 0 Å². The zero-order valence-electron chi connectivity index (χ0n) is 12.2. The number of fused-ring (bicyclic) bond motifs is 3. The summed E-state index contributed by atoms with van der Waals surface area (Å²) in [5, 5.41) is 1.82. The van der Waals surface area contributed by atoms with Crippen molar-refractivity contribution in [1.29, 1.82) is 0 Å². The Morgan fingerprint density at radius 1 is 1.27 bits per heavy atom. The molecule has 0 atom stereocenters. The van der Waals surface area contributed by atoms with Crippen LogP contribution < -0.4 is 5.56 Å². The monoisotopic (exact) mass is 331 g/mol. The van der Waals surface area contributed by atoms with Gasteiger partial charge >= 0.3 is 0 Å². The first kappa shape index (κ1) is 14.2. The Bertz CT molecular complexity index is 865. The second-order valence-corrected chi connectivity index (χ2v) is 7.68. The van der Waals surface area contributed by atoms with Crippen molar-refractivity contribution in [3.05, 3.63) is 34.6 Å². The van der Waals surface area contributed by atoms with Gasteiger partial charge in [-0.2, -0.15) is 0 Å². The van der Waals surface area contributed by atoms with Crippen LogP contribution in [0.3, 0.4) is 0 Å². The maximum Gasteiger partial charge on any atom is 0.269 e. The second-order valence-electron chi connectivity index (χ2n) is 5.54. The second kappa shape index (κ2) is 6.02. The third-order valence-corrected chi connectivity index (χ3v) is 6.07. The van der Waals surface area contributed by atoms with Crippen LogP contribution in [0.25, 0.3) is 20.3 Å². The predicted octanol–water partition coefficient (Wildman–Crippen LogP) is 3.33. The summed E-state index contributed by atoms with van der Waals surface area (Å²) in [7, 11) is 0. The van der Waals surface area contributed by atoms with Crippen molar-refractivity contribution in [3.8, 4) is 0 Å². The van der Waals surface area contributed by atoms with E-state index in [0.29, 0.717) is 0 Å². The van der Waals surface area contributed by atoms with Crippen molar-refractivity contribution in [1.82, 2.24) is 14.9 Å². The van der Waals surface area contributed by atoms with E-state index in [1.54, 1.807) is 11.8 Å². The number of hydrogen-bond donors (Lipinski definition) is 1. The Kier molecular flexibility index (Phi) is 3.90. The lowest BCUT2D eigenvalue weighted by Crippen LogP contribution is -2.22. The maximum atomic E-state index is 12.3. The smallest absolute Gasteiger partial charge is 0.269 e. The molecule has 0 spiro atoms. The lowest BCUT2D eigenvalue weighted by molar-refractivity contribution is 0.362. The van der Waals surface area contributed by atoms with Gasteiger partial charge < -0.3 is 9.88 Å². The third kappa shape index (κ3) is 2.66. The van der Waals surface area contributed by atoms with Gasteiger partial charge in [0.05, 0.1) is 5.52 Å².